The molecule has 4 rings (SSSR count). The summed E-state index contributed by atoms with van der Waals surface area (Å²) in [6, 6.07) is 23.3. The van der Waals surface area contributed by atoms with Crippen LogP contribution >= 0.6 is 0 Å². The third-order valence-corrected chi connectivity index (χ3v) is 5.60. The van der Waals surface area contributed by atoms with Gasteiger partial charge in [0.05, 0.1) is 31.2 Å². The molecule has 0 atom stereocenters. The van der Waals surface area contributed by atoms with Crippen molar-refractivity contribution in [2.75, 3.05) is 13.7 Å². The maximum Gasteiger partial charge on any atom is 0.251 e. The van der Waals surface area contributed by atoms with Gasteiger partial charge in [0.25, 0.3) is 5.91 Å². The maximum absolute atomic E-state index is 12.7. The molecule has 33 heavy (non-hydrogen) atoms. The van der Waals surface area contributed by atoms with Crippen LogP contribution in [-0.4, -0.2) is 29.2 Å². The minimum absolute atomic E-state index is 0.172. The molecule has 0 aliphatic rings. The third kappa shape index (κ3) is 5.34. The second-order valence-corrected chi connectivity index (χ2v) is 8.16. The van der Waals surface area contributed by atoms with E-state index in [1.807, 2.05) is 42.5 Å². The minimum atomic E-state index is -0.172. The molecule has 0 radical (unpaired) electrons. The van der Waals surface area contributed by atoms with E-state index in [2.05, 4.69) is 35.9 Å². The van der Waals surface area contributed by atoms with Crippen LogP contribution in [0.3, 0.4) is 0 Å². The molecular weight excluding hydrogens is 414 g/mol. The smallest absolute Gasteiger partial charge is 0.251 e. The van der Waals surface area contributed by atoms with Crippen molar-refractivity contribution in [1.82, 2.24) is 14.9 Å². The zero-order chi connectivity index (χ0) is 23.2. The molecule has 170 valence electrons. The second kappa shape index (κ2) is 10.2. The van der Waals surface area contributed by atoms with E-state index < -0.39 is 0 Å². The summed E-state index contributed by atoms with van der Waals surface area (Å²) in [5.41, 5.74) is 3.74. The molecular formula is C27H29N3O3. The van der Waals surface area contributed by atoms with Gasteiger partial charge in [-0.15, -0.1) is 0 Å². The highest BCUT2D eigenvalue weighted by Gasteiger charge is 2.13. The van der Waals surface area contributed by atoms with Gasteiger partial charge in [-0.3, -0.25) is 4.79 Å². The molecule has 3 aromatic carbocycles. The van der Waals surface area contributed by atoms with E-state index in [0.29, 0.717) is 36.9 Å². The number of aromatic nitrogens is 2. The molecule has 1 N–H and O–H groups in total. The topological polar surface area (TPSA) is 65.4 Å². The summed E-state index contributed by atoms with van der Waals surface area (Å²) in [5, 5.41) is 2.97. The average molecular weight is 444 g/mol. The van der Waals surface area contributed by atoms with Crippen LogP contribution < -0.4 is 14.8 Å². The van der Waals surface area contributed by atoms with Crippen LogP contribution in [0.25, 0.3) is 11.0 Å². The zero-order valence-corrected chi connectivity index (χ0v) is 19.2. The first kappa shape index (κ1) is 22.4. The number of benzene rings is 3. The summed E-state index contributed by atoms with van der Waals surface area (Å²) in [6.07, 6.45) is 0. The number of carbonyl (C=O) groups is 1. The van der Waals surface area contributed by atoms with Gasteiger partial charge in [-0.2, -0.15) is 0 Å². The molecule has 1 aromatic heterocycles. The lowest BCUT2D eigenvalue weighted by Gasteiger charge is -2.12. The van der Waals surface area contributed by atoms with Crippen LogP contribution in [0.5, 0.6) is 11.5 Å². The number of imidazole rings is 1. The number of hydrogen-bond acceptors (Lipinski definition) is 4. The Morgan fingerprint density at radius 1 is 1.00 bits per heavy atom. The lowest BCUT2D eigenvalue weighted by Crippen LogP contribution is -2.25. The van der Waals surface area contributed by atoms with Gasteiger partial charge in [-0.05, 0) is 53.9 Å². The fraction of sp³-hybridized carbons (Fsp3) is 0.259. The molecule has 6 heteroatoms. The zero-order valence-electron chi connectivity index (χ0n) is 19.2. The van der Waals surface area contributed by atoms with Gasteiger partial charge in [-0.1, -0.05) is 44.2 Å². The number of nitrogens with one attached hydrogen (secondary N) is 1. The number of hydrogen-bond donors (Lipinski definition) is 1. The molecule has 4 aromatic rings. The molecule has 0 saturated heterocycles. The number of nitrogens with zero attached hydrogens (tertiary/aromatic N) is 2. The minimum Gasteiger partial charge on any atom is -0.497 e. The van der Waals surface area contributed by atoms with Gasteiger partial charge in [0.2, 0.25) is 0 Å². The number of ether oxygens (including phenoxy) is 2. The van der Waals surface area contributed by atoms with Gasteiger partial charge >= 0.3 is 0 Å². The highest BCUT2D eigenvalue weighted by atomic mass is 16.5. The Hall–Kier alpha value is -3.80. The van der Waals surface area contributed by atoms with Gasteiger partial charge in [-0.25, -0.2) is 4.98 Å². The number of methoxy groups -OCH3 is 1. The highest BCUT2D eigenvalue weighted by molar-refractivity contribution is 5.94. The Morgan fingerprint density at radius 2 is 1.79 bits per heavy atom. The summed E-state index contributed by atoms with van der Waals surface area (Å²) in [5.74, 6) is 2.59. The van der Waals surface area contributed by atoms with Crippen LogP contribution in [0.1, 0.15) is 41.5 Å². The molecule has 0 fully saturated rings. The Balaban J connectivity index is 1.45. The molecule has 1 amide bonds. The molecule has 0 unspecified atom stereocenters. The molecule has 0 spiro atoms. The molecule has 6 nitrogen and oxygen atoms in total. The number of para-hydroxylation sites is 2. The van der Waals surface area contributed by atoms with Crippen molar-refractivity contribution in [3.8, 4) is 11.5 Å². The van der Waals surface area contributed by atoms with E-state index in [0.717, 1.165) is 22.6 Å². The fourth-order valence-corrected chi connectivity index (χ4v) is 3.74. The summed E-state index contributed by atoms with van der Waals surface area (Å²) >= 11 is 0. The Kier molecular flexibility index (Phi) is 6.93. The highest BCUT2D eigenvalue weighted by Crippen LogP contribution is 2.20. The SMILES string of the molecule is COc1cccc(C(=O)NCc2nc3ccccc3n2CCOc2ccc(C(C)C)cc2)c1. The molecule has 0 saturated carbocycles. The molecule has 1 heterocycles. The Labute approximate surface area is 194 Å². The predicted molar refractivity (Wildman–Crippen MR) is 130 cm³/mol. The summed E-state index contributed by atoms with van der Waals surface area (Å²) < 4.78 is 13.3. The van der Waals surface area contributed by atoms with Crippen LogP contribution in [0.4, 0.5) is 0 Å². The molecule has 0 aliphatic heterocycles. The number of carbonyl (C=O) groups excluding carboxylic acids is 1. The first-order valence-electron chi connectivity index (χ1n) is 11.1. The van der Waals surface area contributed by atoms with Crippen molar-refractivity contribution in [1.29, 1.82) is 0 Å². The molecule has 0 bridgehead atoms. The summed E-state index contributed by atoms with van der Waals surface area (Å²) in [4.78, 5) is 17.4. The van der Waals surface area contributed by atoms with Gasteiger partial charge in [0.15, 0.2) is 0 Å². The standard InChI is InChI=1S/C27H29N3O3/c1-19(2)20-11-13-22(14-12-20)33-16-15-30-25-10-5-4-9-24(25)29-26(30)18-28-27(31)21-7-6-8-23(17-21)32-3/h4-14,17,19H,15-16,18H2,1-3H3,(H,28,31). The van der Waals surface area contributed by atoms with E-state index in [-0.39, 0.29) is 5.91 Å². The summed E-state index contributed by atoms with van der Waals surface area (Å²) in [7, 11) is 1.58. The number of amides is 1. The van der Waals surface area contributed by atoms with E-state index in [9.17, 15) is 4.79 Å². The quantitative estimate of drug-likeness (QED) is 0.387. The summed E-state index contributed by atoms with van der Waals surface area (Å²) in [6.45, 7) is 5.78. The van der Waals surface area contributed by atoms with Crippen molar-refractivity contribution < 1.29 is 14.3 Å². The average Bonchev–Trinajstić information content (AvgIpc) is 3.20. The van der Waals surface area contributed by atoms with E-state index in [1.54, 1.807) is 25.3 Å². The fourth-order valence-electron chi connectivity index (χ4n) is 3.74. The van der Waals surface area contributed by atoms with Gasteiger partial charge < -0.3 is 19.4 Å². The van der Waals surface area contributed by atoms with Crippen LogP contribution in [0, 0.1) is 0 Å². The van der Waals surface area contributed by atoms with Crippen LogP contribution in [0.2, 0.25) is 0 Å². The van der Waals surface area contributed by atoms with Crippen LogP contribution in [0.15, 0.2) is 72.8 Å². The van der Waals surface area contributed by atoms with Gasteiger partial charge in [0, 0.05) is 5.56 Å². The first-order valence-corrected chi connectivity index (χ1v) is 11.1. The lowest BCUT2D eigenvalue weighted by molar-refractivity contribution is 0.0949. The van der Waals surface area contributed by atoms with Gasteiger partial charge in [0.1, 0.15) is 23.9 Å². The normalized spacial score (nSPS) is 11.0. The van der Waals surface area contributed by atoms with E-state index in [4.69, 9.17) is 14.5 Å². The van der Waals surface area contributed by atoms with Crippen molar-refractivity contribution in [3.05, 3.63) is 89.7 Å². The monoisotopic (exact) mass is 443 g/mol. The van der Waals surface area contributed by atoms with E-state index in [1.165, 1.54) is 5.56 Å². The second-order valence-electron chi connectivity index (χ2n) is 8.16. The molecule has 0 aliphatic carbocycles. The first-order chi connectivity index (χ1) is 16.0. The van der Waals surface area contributed by atoms with E-state index >= 15 is 0 Å². The number of rotatable bonds is 9. The predicted octanol–water partition coefficient (Wildman–Crippen LogP) is 5.18. The van der Waals surface area contributed by atoms with Crippen LogP contribution in [-0.2, 0) is 13.1 Å². The number of fused-ring (bicyclic) bond motifs is 1. The van der Waals surface area contributed by atoms with Crippen molar-refractivity contribution in [2.45, 2.75) is 32.9 Å². The largest absolute Gasteiger partial charge is 0.497 e. The maximum atomic E-state index is 12.7. The Bertz CT molecular complexity index is 1230. The van der Waals surface area contributed by atoms with Crippen molar-refractivity contribution >= 4 is 16.9 Å². The Morgan fingerprint density at radius 3 is 2.55 bits per heavy atom. The third-order valence-electron chi connectivity index (χ3n) is 5.60. The lowest BCUT2D eigenvalue weighted by atomic mass is 10.0. The van der Waals surface area contributed by atoms with Crippen molar-refractivity contribution in [3.63, 3.8) is 0 Å². The van der Waals surface area contributed by atoms with Crippen molar-refractivity contribution in [2.24, 2.45) is 0 Å².